The number of urea groups is 1. The molecule has 0 fully saturated rings. The molecule has 0 bridgehead atoms. The number of rotatable bonds is 5. The van der Waals surface area contributed by atoms with Crippen LogP contribution >= 0.6 is 0 Å². The fraction of sp³-hybridized carbons (Fsp3) is 0.136. The number of alkyl halides is 3. The van der Waals surface area contributed by atoms with Crippen molar-refractivity contribution in [2.75, 3.05) is 29.7 Å². The number of halogens is 4. The summed E-state index contributed by atoms with van der Waals surface area (Å²) in [7, 11) is 3.40. The SMILES string of the molecule is CNN(C)c1nccc(-c2ccc(NC(=O)Nc3cc(C(F)(F)F)ccc3F)cc2)c1C#N. The number of amides is 2. The van der Waals surface area contributed by atoms with Gasteiger partial charge in [0, 0.05) is 31.5 Å². The van der Waals surface area contributed by atoms with Crippen LogP contribution in [0.15, 0.2) is 54.7 Å². The van der Waals surface area contributed by atoms with Gasteiger partial charge < -0.3 is 10.6 Å². The smallest absolute Gasteiger partial charge is 0.308 e. The number of nitriles is 1. The molecule has 2 amide bonds. The van der Waals surface area contributed by atoms with Crippen molar-refractivity contribution in [3.05, 3.63) is 71.7 Å². The van der Waals surface area contributed by atoms with E-state index >= 15 is 0 Å². The zero-order valence-corrected chi connectivity index (χ0v) is 17.5. The van der Waals surface area contributed by atoms with E-state index in [0.717, 1.165) is 0 Å². The molecule has 7 nitrogen and oxygen atoms in total. The maximum Gasteiger partial charge on any atom is 0.416 e. The lowest BCUT2D eigenvalue weighted by Crippen LogP contribution is -2.31. The summed E-state index contributed by atoms with van der Waals surface area (Å²) >= 11 is 0. The lowest BCUT2D eigenvalue weighted by molar-refractivity contribution is -0.137. The minimum atomic E-state index is -4.67. The molecule has 0 saturated carbocycles. The zero-order chi connectivity index (χ0) is 24.2. The number of pyridine rings is 1. The normalized spacial score (nSPS) is 10.9. The summed E-state index contributed by atoms with van der Waals surface area (Å²) in [6.45, 7) is 0. The molecule has 1 aromatic heterocycles. The molecule has 3 N–H and O–H groups in total. The second kappa shape index (κ2) is 9.54. The molecule has 0 saturated heterocycles. The average Bonchev–Trinajstić information content (AvgIpc) is 2.79. The second-order valence-electron chi connectivity index (χ2n) is 6.80. The third-order valence-corrected chi connectivity index (χ3v) is 4.69. The first-order chi connectivity index (χ1) is 15.6. The van der Waals surface area contributed by atoms with Gasteiger partial charge in [-0.3, -0.25) is 5.01 Å². The van der Waals surface area contributed by atoms with Crippen molar-refractivity contribution in [1.29, 1.82) is 5.26 Å². The van der Waals surface area contributed by atoms with Crippen LogP contribution in [0, 0.1) is 17.1 Å². The van der Waals surface area contributed by atoms with Gasteiger partial charge in [-0.15, -0.1) is 0 Å². The van der Waals surface area contributed by atoms with Crippen LogP contribution in [-0.4, -0.2) is 25.1 Å². The number of hydrazine groups is 1. The van der Waals surface area contributed by atoms with E-state index in [1.165, 1.54) is 0 Å². The van der Waals surface area contributed by atoms with Crippen LogP contribution in [0.2, 0.25) is 0 Å². The standard InChI is InChI=1S/C22H18F4N6O/c1-28-32(2)20-17(12-27)16(9-10-29-20)13-3-6-15(7-4-13)30-21(33)31-19-11-14(22(24,25)26)5-8-18(19)23/h3-11,28H,1-2H3,(H2,30,31,33). The highest BCUT2D eigenvalue weighted by Crippen LogP contribution is 2.32. The fourth-order valence-corrected chi connectivity index (χ4v) is 2.98. The van der Waals surface area contributed by atoms with Gasteiger partial charge in [0.25, 0.3) is 0 Å². The minimum Gasteiger partial charge on any atom is -0.308 e. The van der Waals surface area contributed by atoms with Gasteiger partial charge in [0.2, 0.25) is 0 Å². The third kappa shape index (κ3) is 5.36. The van der Waals surface area contributed by atoms with E-state index in [2.05, 4.69) is 27.1 Å². The van der Waals surface area contributed by atoms with Crippen molar-refractivity contribution < 1.29 is 22.4 Å². The highest BCUT2D eigenvalue weighted by molar-refractivity contribution is 6.00. The molecule has 2 aromatic carbocycles. The van der Waals surface area contributed by atoms with Gasteiger partial charge in [0.05, 0.1) is 11.3 Å². The van der Waals surface area contributed by atoms with Crippen molar-refractivity contribution in [1.82, 2.24) is 10.4 Å². The lowest BCUT2D eigenvalue weighted by Gasteiger charge is -2.19. The van der Waals surface area contributed by atoms with Gasteiger partial charge in [-0.2, -0.15) is 18.4 Å². The van der Waals surface area contributed by atoms with Crippen LogP contribution in [0.1, 0.15) is 11.1 Å². The van der Waals surface area contributed by atoms with Gasteiger partial charge in [-0.25, -0.2) is 19.6 Å². The molecule has 0 spiro atoms. The molecule has 0 aliphatic heterocycles. The van der Waals surface area contributed by atoms with Crippen molar-refractivity contribution in [2.24, 2.45) is 0 Å². The summed E-state index contributed by atoms with van der Waals surface area (Å²) in [5, 5.41) is 15.7. The van der Waals surface area contributed by atoms with Gasteiger partial charge in [-0.1, -0.05) is 12.1 Å². The van der Waals surface area contributed by atoms with E-state index in [1.807, 2.05) is 0 Å². The summed E-state index contributed by atoms with van der Waals surface area (Å²) in [5.41, 5.74) is 3.13. The van der Waals surface area contributed by atoms with Crippen LogP contribution in [0.5, 0.6) is 0 Å². The monoisotopic (exact) mass is 458 g/mol. The fourth-order valence-electron chi connectivity index (χ4n) is 2.98. The molecular formula is C22H18F4N6O. The number of aromatic nitrogens is 1. The molecular weight excluding hydrogens is 440 g/mol. The lowest BCUT2D eigenvalue weighted by atomic mass is 10.0. The number of nitrogens with one attached hydrogen (secondary N) is 3. The molecule has 0 aliphatic carbocycles. The first kappa shape index (κ1) is 23.5. The highest BCUT2D eigenvalue weighted by Gasteiger charge is 2.31. The Morgan fingerprint density at radius 3 is 2.39 bits per heavy atom. The number of carbonyl (C=O) groups excluding carboxylic acids is 1. The quantitative estimate of drug-likeness (QED) is 0.370. The maximum absolute atomic E-state index is 13.8. The van der Waals surface area contributed by atoms with Crippen molar-refractivity contribution in [2.45, 2.75) is 6.18 Å². The van der Waals surface area contributed by atoms with Crippen LogP contribution < -0.4 is 21.1 Å². The van der Waals surface area contributed by atoms with Crippen molar-refractivity contribution in [3.8, 4) is 17.2 Å². The number of benzene rings is 2. The van der Waals surface area contributed by atoms with Crippen LogP contribution in [0.25, 0.3) is 11.1 Å². The van der Waals surface area contributed by atoms with Gasteiger partial charge in [0.1, 0.15) is 17.4 Å². The van der Waals surface area contributed by atoms with E-state index in [0.29, 0.717) is 46.4 Å². The molecule has 0 radical (unpaired) electrons. The Hall–Kier alpha value is -4.17. The molecule has 3 rings (SSSR count). The van der Waals surface area contributed by atoms with Gasteiger partial charge in [-0.05, 0) is 42.0 Å². The number of hydrogen-bond donors (Lipinski definition) is 3. The van der Waals surface area contributed by atoms with Gasteiger partial charge in [0.15, 0.2) is 5.82 Å². The van der Waals surface area contributed by atoms with Crippen molar-refractivity contribution in [3.63, 3.8) is 0 Å². The first-order valence-electron chi connectivity index (χ1n) is 9.49. The Morgan fingerprint density at radius 2 is 1.79 bits per heavy atom. The summed E-state index contributed by atoms with van der Waals surface area (Å²) in [6, 6.07) is 11.0. The topological polar surface area (TPSA) is 93.1 Å². The Labute approximate surface area is 186 Å². The Morgan fingerprint density at radius 1 is 1.09 bits per heavy atom. The molecule has 0 unspecified atom stereocenters. The largest absolute Gasteiger partial charge is 0.416 e. The molecule has 33 heavy (non-hydrogen) atoms. The molecule has 0 atom stereocenters. The number of carbonyl (C=O) groups is 1. The molecule has 11 heteroatoms. The molecule has 3 aromatic rings. The summed E-state index contributed by atoms with van der Waals surface area (Å²) in [5.74, 6) is -0.570. The Balaban J connectivity index is 1.77. The maximum atomic E-state index is 13.8. The number of anilines is 3. The van der Waals surface area contributed by atoms with Gasteiger partial charge >= 0.3 is 12.2 Å². The number of hydrogen-bond acceptors (Lipinski definition) is 5. The van der Waals surface area contributed by atoms with E-state index in [-0.39, 0.29) is 0 Å². The molecule has 0 aliphatic rings. The van der Waals surface area contributed by atoms with Crippen LogP contribution in [0.4, 0.5) is 39.5 Å². The molecule has 170 valence electrons. The second-order valence-corrected chi connectivity index (χ2v) is 6.80. The predicted molar refractivity (Wildman–Crippen MR) is 116 cm³/mol. The van der Waals surface area contributed by atoms with Crippen LogP contribution in [0.3, 0.4) is 0 Å². The Bertz CT molecular complexity index is 1200. The summed E-state index contributed by atoms with van der Waals surface area (Å²) < 4.78 is 52.3. The summed E-state index contributed by atoms with van der Waals surface area (Å²) in [4.78, 5) is 16.4. The van der Waals surface area contributed by atoms with E-state index in [9.17, 15) is 27.6 Å². The first-order valence-corrected chi connectivity index (χ1v) is 9.49. The van der Waals surface area contributed by atoms with E-state index in [4.69, 9.17) is 0 Å². The third-order valence-electron chi connectivity index (χ3n) is 4.69. The van der Waals surface area contributed by atoms with Crippen molar-refractivity contribution >= 4 is 23.2 Å². The molecule has 1 heterocycles. The van der Waals surface area contributed by atoms with E-state index < -0.39 is 29.3 Å². The minimum absolute atomic E-state index is 0.309. The Kier molecular flexibility index (Phi) is 6.79. The average molecular weight is 458 g/mol. The van der Waals surface area contributed by atoms with Crippen LogP contribution in [-0.2, 0) is 6.18 Å². The van der Waals surface area contributed by atoms with E-state index in [1.54, 1.807) is 55.6 Å². The summed E-state index contributed by atoms with van der Waals surface area (Å²) in [6.07, 6.45) is -3.11. The predicted octanol–water partition coefficient (Wildman–Crippen LogP) is 4.99. The number of nitrogens with zero attached hydrogens (tertiary/aromatic N) is 3. The highest BCUT2D eigenvalue weighted by atomic mass is 19.4. The zero-order valence-electron chi connectivity index (χ0n) is 17.5.